The van der Waals surface area contributed by atoms with Gasteiger partial charge in [-0.3, -0.25) is 9.48 Å². The first-order valence-corrected chi connectivity index (χ1v) is 9.95. The average molecular weight is 379 g/mol. The highest BCUT2D eigenvalue weighted by molar-refractivity contribution is 7.89. The SMILES string of the molecule is CCOC(=O)C(CNS(=O)(=O)c1c(C)nn(C)c1C)Cc1ccccc1. The molecule has 2 aromatic rings. The molecule has 0 fully saturated rings. The largest absolute Gasteiger partial charge is 0.466 e. The van der Waals surface area contributed by atoms with Gasteiger partial charge >= 0.3 is 5.97 Å². The molecule has 0 aliphatic heterocycles. The fourth-order valence-corrected chi connectivity index (χ4v) is 4.34. The van der Waals surface area contributed by atoms with Crippen molar-refractivity contribution in [2.24, 2.45) is 13.0 Å². The van der Waals surface area contributed by atoms with E-state index in [1.54, 1.807) is 27.8 Å². The molecule has 1 atom stereocenters. The normalized spacial score (nSPS) is 12.8. The maximum atomic E-state index is 12.7. The quantitative estimate of drug-likeness (QED) is 0.706. The first-order chi connectivity index (χ1) is 12.3. The minimum absolute atomic E-state index is 0.0379. The van der Waals surface area contributed by atoms with Crippen LogP contribution in [0.3, 0.4) is 0 Å². The molecule has 1 aromatic heterocycles. The van der Waals surface area contributed by atoms with Crippen molar-refractivity contribution in [2.75, 3.05) is 13.2 Å². The Labute approximate surface area is 154 Å². The number of ether oxygens (including phenoxy) is 1. The Morgan fingerprint density at radius 3 is 2.46 bits per heavy atom. The van der Waals surface area contributed by atoms with E-state index in [0.29, 0.717) is 17.8 Å². The van der Waals surface area contributed by atoms with Gasteiger partial charge in [-0.05, 0) is 32.8 Å². The Kier molecular flexibility index (Phi) is 6.55. The summed E-state index contributed by atoms with van der Waals surface area (Å²) in [5.41, 5.74) is 1.91. The van der Waals surface area contributed by atoms with Gasteiger partial charge in [0.25, 0.3) is 0 Å². The van der Waals surface area contributed by atoms with Crippen LogP contribution < -0.4 is 4.72 Å². The lowest BCUT2D eigenvalue weighted by molar-refractivity contribution is -0.147. The van der Waals surface area contributed by atoms with E-state index in [-0.39, 0.29) is 18.0 Å². The zero-order chi connectivity index (χ0) is 19.3. The van der Waals surface area contributed by atoms with Crippen LogP contribution in [0, 0.1) is 19.8 Å². The van der Waals surface area contributed by atoms with Crippen LogP contribution in [0.15, 0.2) is 35.2 Å². The van der Waals surface area contributed by atoms with Crippen LogP contribution in [-0.4, -0.2) is 37.3 Å². The summed E-state index contributed by atoms with van der Waals surface area (Å²) in [5.74, 6) is -1.02. The second-order valence-electron chi connectivity index (χ2n) is 6.11. The van der Waals surface area contributed by atoms with Crippen LogP contribution in [0.1, 0.15) is 23.9 Å². The van der Waals surface area contributed by atoms with Gasteiger partial charge in [0.05, 0.1) is 23.9 Å². The summed E-state index contributed by atoms with van der Waals surface area (Å²) >= 11 is 0. The van der Waals surface area contributed by atoms with Crippen LogP contribution in [0.2, 0.25) is 0 Å². The molecule has 0 spiro atoms. The summed E-state index contributed by atoms with van der Waals surface area (Å²) in [5, 5.41) is 4.14. The number of sulfonamides is 1. The molecule has 1 heterocycles. The third-order valence-electron chi connectivity index (χ3n) is 4.18. The zero-order valence-electron chi connectivity index (χ0n) is 15.5. The van der Waals surface area contributed by atoms with Crippen molar-refractivity contribution in [3.63, 3.8) is 0 Å². The number of carbonyl (C=O) groups excluding carboxylic acids is 1. The van der Waals surface area contributed by atoms with Crippen molar-refractivity contribution in [3.05, 3.63) is 47.3 Å². The van der Waals surface area contributed by atoms with Crippen LogP contribution in [0.5, 0.6) is 0 Å². The Hall–Kier alpha value is -2.19. The number of hydrogen-bond acceptors (Lipinski definition) is 5. The second-order valence-corrected chi connectivity index (χ2v) is 7.82. The first-order valence-electron chi connectivity index (χ1n) is 8.46. The molecule has 0 aliphatic carbocycles. The molecule has 0 saturated carbocycles. The summed E-state index contributed by atoms with van der Waals surface area (Å²) in [4.78, 5) is 12.4. The smallest absolute Gasteiger partial charge is 0.310 e. The molecule has 0 aliphatic rings. The van der Waals surface area contributed by atoms with Crippen LogP contribution in [0.4, 0.5) is 0 Å². The van der Waals surface area contributed by atoms with Crippen molar-refractivity contribution in [3.8, 4) is 0 Å². The van der Waals surface area contributed by atoms with Crippen molar-refractivity contribution in [1.82, 2.24) is 14.5 Å². The molecule has 1 unspecified atom stereocenters. The molecular weight excluding hydrogens is 354 g/mol. The van der Waals surface area contributed by atoms with Gasteiger partial charge in [0.2, 0.25) is 10.0 Å². The van der Waals surface area contributed by atoms with Crippen molar-refractivity contribution < 1.29 is 17.9 Å². The predicted molar refractivity (Wildman–Crippen MR) is 98.1 cm³/mol. The number of nitrogens with zero attached hydrogens (tertiary/aromatic N) is 2. The second kappa shape index (κ2) is 8.46. The van der Waals surface area contributed by atoms with Crippen molar-refractivity contribution >= 4 is 16.0 Å². The van der Waals surface area contributed by atoms with Crippen LogP contribution in [0.25, 0.3) is 0 Å². The minimum Gasteiger partial charge on any atom is -0.466 e. The van der Waals surface area contributed by atoms with Crippen LogP contribution in [-0.2, 0) is 33.0 Å². The van der Waals surface area contributed by atoms with E-state index in [0.717, 1.165) is 5.56 Å². The predicted octanol–water partition coefficient (Wildman–Crippen LogP) is 1.74. The molecule has 1 aromatic carbocycles. The number of benzene rings is 1. The lowest BCUT2D eigenvalue weighted by Crippen LogP contribution is -2.35. The van der Waals surface area contributed by atoms with E-state index in [4.69, 9.17) is 4.74 Å². The van der Waals surface area contributed by atoms with E-state index < -0.39 is 21.9 Å². The number of esters is 1. The summed E-state index contributed by atoms with van der Waals surface area (Å²) in [6, 6.07) is 9.44. The summed E-state index contributed by atoms with van der Waals surface area (Å²) in [6.45, 7) is 5.28. The number of rotatable bonds is 8. The maximum absolute atomic E-state index is 12.7. The highest BCUT2D eigenvalue weighted by atomic mass is 32.2. The molecule has 0 amide bonds. The summed E-state index contributed by atoms with van der Waals surface area (Å²) < 4.78 is 34.6. The van der Waals surface area contributed by atoms with Crippen molar-refractivity contribution in [2.45, 2.75) is 32.1 Å². The zero-order valence-corrected chi connectivity index (χ0v) is 16.3. The lowest BCUT2D eigenvalue weighted by Gasteiger charge is -2.16. The van der Waals surface area contributed by atoms with E-state index in [2.05, 4.69) is 9.82 Å². The summed E-state index contributed by atoms with van der Waals surface area (Å²) in [7, 11) is -2.09. The highest BCUT2D eigenvalue weighted by Crippen LogP contribution is 2.19. The molecule has 7 nitrogen and oxygen atoms in total. The van der Waals surface area contributed by atoms with Crippen LogP contribution >= 0.6 is 0 Å². The fourth-order valence-electron chi connectivity index (χ4n) is 2.82. The Bertz CT molecular complexity index is 860. The first kappa shape index (κ1) is 20.1. The van der Waals surface area contributed by atoms with Gasteiger partial charge in [-0.15, -0.1) is 0 Å². The molecule has 0 saturated heterocycles. The minimum atomic E-state index is -3.78. The van der Waals surface area contributed by atoms with Crippen molar-refractivity contribution in [1.29, 1.82) is 0 Å². The molecule has 8 heteroatoms. The molecule has 0 bridgehead atoms. The number of nitrogens with one attached hydrogen (secondary N) is 1. The topological polar surface area (TPSA) is 90.3 Å². The maximum Gasteiger partial charge on any atom is 0.310 e. The van der Waals surface area contributed by atoms with E-state index in [1.165, 1.54) is 4.68 Å². The van der Waals surface area contributed by atoms with Gasteiger partial charge in [0, 0.05) is 13.6 Å². The Morgan fingerprint density at radius 1 is 1.27 bits per heavy atom. The van der Waals surface area contributed by atoms with Gasteiger partial charge in [0.15, 0.2) is 0 Å². The number of aryl methyl sites for hydroxylation is 2. The number of hydrogen-bond donors (Lipinski definition) is 1. The van der Waals surface area contributed by atoms with E-state index in [1.807, 2.05) is 30.3 Å². The van der Waals surface area contributed by atoms with Gasteiger partial charge in [-0.2, -0.15) is 5.10 Å². The molecule has 142 valence electrons. The Morgan fingerprint density at radius 2 is 1.92 bits per heavy atom. The van der Waals surface area contributed by atoms with Gasteiger partial charge in [0.1, 0.15) is 4.90 Å². The standard InChI is InChI=1S/C18H25N3O4S/c1-5-25-18(22)16(11-15-9-7-6-8-10-15)12-19-26(23,24)17-13(2)20-21(4)14(17)3/h6-10,16,19H,5,11-12H2,1-4H3. The number of carbonyl (C=O) groups is 1. The fraction of sp³-hybridized carbons (Fsp3) is 0.444. The van der Waals surface area contributed by atoms with Gasteiger partial charge < -0.3 is 4.74 Å². The van der Waals surface area contributed by atoms with Gasteiger partial charge in [-0.1, -0.05) is 30.3 Å². The lowest BCUT2D eigenvalue weighted by atomic mass is 10.00. The molecule has 0 radical (unpaired) electrons. The molecule has 1 N–H and O–H groups in total. The summed E-state index contributed by atoms with van der Waals surface area (Å²) in [6.07, 6.45) is 0.396. The highest BCUT2D eigenvalue weighted by Gasteiger charge is 2.27. The molecule has 26 heavy (non-hydrogen) atoms. The van der Waals surface area contributed by atoms with Gasteiger partial charge in [-0.25, -0.2) is 13.1 Å². The third-order valence-corrected chi connectivity index (χ3v) is 5.85. The average Bonchev–Trinajstić information content (AvgIpc) is 2.85. The molecule has 2 rings (SSSR count). The molecular formula is C18H25N3O4S. The van der Waals surface area contributed by atoms with E-state index in [9.17, 15) is 13.2 Å². The number of aromatic nitrogens is 2. The van der Waals surface area contributed by atoms with E-state index >= 15 is 0 Å². The third kappa shape index (κ3) is 4.70. The Balaban J connectivity index is 2.18. The monoisotopic (exact) mass is 379 g/mol.